The highest BCUT2D eigenvalue weighted by Gasteiger charge is 2.44. The van der Waals surface area contributed by atoms with E-state index in [-0.39, 0.29) is 0 Å². The minimum atomic E-state index is -1.02. The SMILES string of the molecule is CC1(C)Oc2ccc(C#N)cc2C(NC(=O)Oc2ccccc2)[C@@H]1O. The molecule has 6 nitrogen and oxygen atoms in total. The minimum absolute atomic E-state index is 0.395. The Morgan fingerprint density at radius 3 is 2.68 bits per heavy atom. The van der Waals surface area contributed by atoms with Crippen LogP contribution in [0.5, 0.6) is 11.5 Å². The summed E-state index contributed by atoms with van der Waals surface area (Å²) in [6.07, 6.45) is -1.71. The molecule has 2 aromatic carbocycles. The Morgan fingerprint density at radius 1 is 1.28 bits per heavy atom. The van der Waals surface area contributed by atoms with Crippen LogP contribution in [0.1, 0.15) is 31.0 Å². The molecule has 0 radical (unpaired) electrons. The summed E-state index contributed by atoms with van der Waals surface area (Å²) in [7, 11) is 0. The topological polar surface area (TPSA) is 91.6 Å². The lowest BCUT2D eigenvalue weighted by molar-refractivity contribution is -0.0629. The van der Waals surface area contributed by atoms with E-state index in [4.69, 9.17) is 14.7 Å². The molecule has 1 amide bonds. The number of amides is 1. The fraction of sp³-hybridized carbons (Fsp3) is 0.263. The van der Waals surface area contributed by atoms with Gasteiger partial charge < -0.3 is 19.9 Å². The molecular weight excluding hydrogens is 320 g/mol. The van der Waals surface area contributed by atoms with Crippen molar-refractivity contribution in [1.82, 2.24) is 5.32 Å². The van der Waals surface area contributed by atoms with Gasteiger partial charge in [-0.05, 0) is 44.2 Å². The zero-order valence-electron chi connectivity index (χ0n) is 13.9. The first-order valence-corrected chi connectivity index (χ1v) is 7.85. The number of para-hydroxylation sites is 1. The average Bonchev–Trinajstić information content (AvgIpc) is 2.59. The van der Waals surface area contributed by atoms with Gasteiger partial charge in [0, 0.05) is 5.56 Å². The van der Waals surface area contributed by atoms with Crippen molar-refractivity contribution in [2.45, 2.75) is 31.6 Å². The monoisotopic (exact) mass is 338 g/mol. The third kappa shape index (κ3) is 3.42. The summed E-state index contributed by atoms with van der Waals surface area (Å²) >= 11 is 0. The van der Waals surface area contributed by atoms with E-state index in [2.05, 4.69) is 5.32 Å². The molecule has 1 aliphatic rings. The number of aliphatic hydroxyl groups is 1. The van der Waals surface area contributed by atoms with Gasteiger partial charge in [-0.15, -0.1) is 0 Å². The lowest BCUT2D eigenvalue weighted by Gasteiger charge is -2.42. The molecule has 1 unspecified atom stereocenters. The summed E-state index contributed by atoms with van der Waals surface area (Å²) in [5.41, 5.74) is 0.0413. The van der Waals surface area contributed by atoms with E-state index in [0.717, 1.165) is 0 Å². The molecular formula is C19H18N2O4. The first-order chi connectivity index (χ1) is 11.9. The number of nitrogens with zero attached hydrogens (tertiary/aromatic N) is 1. The van der Waals surface area contributed by atoms with E-state index in [1.165, 1.54) is 0 Å². The molecule has 0 spiro atoms. The third-order valence-electron chi connectivity index (χ3n) is 4.10. The van der Waals surface area contributed by atoms with Crippen molar-refractivity contribution in [2.75, 3.05) is 0 Å². The number of hydrogen-bond acceptors (Lipinski definition) is 5. The lowest BCUT2D eigenvalue weighted by Crippen LogP contribution is -2.53. The zero-order chi connectivity index (χ0) is 18.0. The molecule has 3 rings (SSSR count). The number of aliphatic hydroxyl groups excluding tert-OH is 1. The summed E-state index contributed by atoms with van der Waals surface area (Å²) in [4.78, 5) is 12.3. The zero-order valence-corrected chi connectivity index (χ0v) is 13.9. The van der Waals surface area contributed by atoms with E-state index < -0.39 is 23.8 Å². The lowest BCUT2D eigenvalue weighted by atomic mass is 9.86. The molecule has 0 aromatic heterocycles. The molecule has 2 N–H and O–H groups in total. The Bertz CT molecular complexity index is 827. The molecule has 6 heteroatoms. The Balaban J connectivity index is 1.88. The van der Waals surface area contributed by atoms with Crippen LogP contribution in [-0.4, -0.2) is 22.9 Å². The van der Waals surface area contributed by atoms with Crippen LogP contribution in [0, 0.1) is 11.3 Å². The van der Waals surface area contributed by atoms with Crippen LogP contribution in [0.25, 0.3) is 0 Å². The van der Waals surface area contributed by atoms with Crippen molar-refractivity contribution in [1.29, 1.82) is 5.26 Å². The number of nitriles is 1. The number of fused-ring (bicyclic) bond motifs is 1. The first-order valence-electron chi connectivity index (χ1n) is 7.85. The summed E-state index contributed by atoms with van der Waals surface area (Å²) in [5.74, 6) is 0.908. The number of nitrogens with one attached hydrogen (secondary N) is 1. The van der Waals surface area contributed by atoms with Gasteiger partial charge in [0.2, 0.25) is 0 Å². The number of rotatable bonds is 2. The molecule has 0 aliphatic carbocycles. The molecule has 0 bridgehead atoms. The quantitative estimate of drug-likeness (QED) is 0.878. The van der Waals surface area contributed by atoms with Gasteiger partial charge in [0.25, 0.3) is 0 Å². The summed E-state index contributed by atoms with van der Waals surface area (Å²) < 4.78 is 11.0. The second-order valence-electron chi connectivity index (χ2n) is 6.34. The van der Waals surface area contributed by atoms with Gasteiger partial charge in [-0.3, -0.25) is 0 Å². The predicted molar refractivity (Wildman–Crippen MR) is 90.2 cm³/mol. The Morgan fingerprint density at radius 2 is 2.00 bits per heavy atom. The molecule has 1 heterocycles. The maximum Gasteiger partial charge on any atom is 0.413 e. The van der Waals surface area contributed by atoms with Crippen molar-refractivity contribution < 1.29 is 19.4 Å². The van der Waals surface area contributed by atoms with Gasteiger partial charge in [0.15, 0.2) is 0 Å². The molecule has 0 saturated heterocycles. The highest BCUT2D eigenvalue weighted by Crippen LogP contribution is 2.40. The van der Waals surface area contributed by atoms with Crippen LogP contribution in [0.2, 0.25) is 0 Å². The van der Waals surface area contributed by atoms with Crippen LogP contribution in [0.15, 0.2) is 48.5 Å². The van der Waals surface area contributed by atoms with E-state index in [9.17, 15) is 9.90 Å². The van der Waals surface area contributed by atoms with E-state index in [1.807, 2.05) is 12.1 Å². The van der Waals surface area contributed by atoms with Crippen molar-refractivity contribution in [3.63, 3.8) is 0 Å². The van der Waals surface area contributed by atoms with Crippen LogP contribution >= 0.6 is 0 Å². The average molecular weight is 338 g/mol. The molecule has 2 atom stereocenters. The Kier molecular flexibility index (Phi) is 4.34. The molecule has 0 saturated carbocycles. The van der Waals surface area contributed by atoms with E-state index >= 15 is 0 Å². The van der Waals surface area contributed by atoms with E-state index in [0.29, 0.717) is 22.6 Å². The van der Waals surface area contributed by atoms with Gasteiger partial charge in [0.1, 0.15) is 23.2 Å². The maximum absolute atomic E-state index is 12.3. The molecule has 2 aromatic rings. The summed E-state index contributed by atoms with van der Waals surface area (Å²) in [6.45, 7) is 3.46. The molecule has 128 valence electrons. The second kappa shape index (κ2) is 6.46. The van der Waals surface area contributed by atoms with Crippen LogP contribution in [-0.2, 0) is 0 Å². The first kappa shape index (κ1) is 16.8. The smallest absolute Gasteiger partial charge is 0.413 e. The molecule has 0 fully saturated rings. The highest BCUT2D eigenvalue weighted by molar-refractivity contribution is 5.71. The minimum Gasteiger partial charge on any atom is -0.485 e. The van der Waals surface area contributed by atoms with Gasteiger partial charge in [0.05, 0.1) is 17.7 Å². The number of ether oxygens (including phenoxy) is 2. The number of carbonyl (C=O) groups excluding carboxylic acids is 1. The highest BCUT2D eigenvalue weighted by atomic mass is 16.6. The Hall–Kier alpha value is -3.04. The van der Waals surface area contributed by atoms with Crippen molar-refractivity contribution >= 4 is 6.09 Å². The third-order valence-corrected chi connectivity index (χ3v) is 4.10. The molecule has 1 aliphatic heterocycles. The predicted octanol–water partition coefficient (Wildman–Crippen LogP) is 2.92. The van der Waals surface area contributed by atoms with Gasteiger partial charge in [-0.1, -0.05) is 18.2 Å². The number of carbonyl (C=O) groups is 1. The van der Waals surface area contributed by atoms with Crippen LogP contribution < -0.4 is 14.8 Å². The van der Waals surface area contributed by atoms with Crippen molar-refractivity contribution in [2.24, 2.45) is 0 Å². The van der Waals surface area contributed by atoms with E-state index in [1.54, 1.807) is 56.3 Å². The standard InChI is InChI=1S/C19H18N2O4/c1-19(2)17(22)16(14-10-12(11-20)8-9-15(14)25-19)21-18(23)24-13-6-4-3-5-7-13/h3-10,16-17,22H,1-2H3,(H,21,23)/t16?,17-/m0/s1. The number of hydrogen-bond donors (Lipinski definition) is 2. The fourth-order valence-corrected chi connectivity index (χ4v) is 2.78. The normalized spacial score (nSPS) is 20.6. The van der Waals surface area contributed by atoms with Gasteiger partial charge in [-0.2, -0.15) is 5.26 Å². The largest absolute Gasteiger partial charge is 0.485 e. The van der Waals surface area contributed by atoms with Crippen LogP contribution in [0.3, 0.4) is 0 Å². The maximum atomic E-state index is 12.3. The summed E-state index contributed by atoms with van der Waals surface area (Å²) in [5, 5.41) is 22.4. The fourth-order valence-electron chi connectivity index (χ4n) is 2.78. The number of benzene rings is 2. The van der Waals surface area contributed by atoms with Crippen LogP contribution in [0.4, 0.5) is 4.79 Å². The second-order valence-corrected chi connectivity index (χ2v) is 6.34. The summed E-state index contributed by atoms with van der Waals surface area (Å²) in [6, 6.07) is 14.8. The molecule has 25 heavy (non-hydrogen) atoms. The van der Waals surface area contributed by atoms with Crippen molar-refractivity contribution in [3.8, 4) is 17.6 Å². The Labute approximate surface area is 145 Å². The van der Waals surface area contributed by atoms with Crippen molar-refractivity contribution in [3.05, 3.63) is 59.7 Å². The van der Waals surface area contributed by atoms with Gasteiger partial charge >= 0.3 is 6.09 Å². The van der Waals surface area contributed by atoms with Gasteiger partial charge in [-0.25, -0.2) is 4.79 Å².